The summed E-state index contributed by atoms with van der Waals surface area (Å²) in [6, 6.07) is 10.2. The molecule has 0 unspecified atom stereocenters. The van der Waals surface area contributed by atoms with E-state index in [1.165, 1.54) is 24.3 Å². The van der Waals surface area contributed by atoms with Crippen molar-refractivity contribution in [2.24, 2.45) is 0 Å². The van der Waals surface area contributed by atoms with Gasteiger partial charge in [0.25, 0.3) is 10.0 Å². The van der Waals surface area contributed by atoms with E-state index in [0.29, 0.717) is 5.56 Å². The Morgan fingerprint density at radius 2 is 1.80 bits per heavy atom. The molecule has 0 saturated heterocycles. The minimum atomic E-state index is -3.75. The highest BCUT2D eigenvalue weighted by molar-refractivity contribution is 7.92. The Morgan fingerprint density at radius 1 is 1.15 bits per heavy atom. The van der Waals surface area contributed by atoms with Crippen LogP contribution < -0.4 is 4.72 Å². The van der Waals surface area contributed by atoms with Crippen molar-refractivity contribution in [1.82, 2.24) is 0 Å². The van der Waals surface area contributed by atoms with E-state index in [-0.39, 0.29) is 16.5 Å². The van der Waals surface area contributed by atoms with Gasteiger partial charge in [0.05, 0.1) is 10.6 Å². The molecule has 0 spiro atoms. The molecule has 0 amide bonds. The number of alkyl halides is 1. The summed E-state index contributed by atoms with van der Waals surface area (Å²) in [5, 5.41) is 0. The van der Waals surface area contributed by atoms with E-state index < -0.39 is 15.8 Å². The third-order valence-corrected chi connectivity index (χ3v) is 4.46. The Bertz CT molecular complexity index is 714. The smallest absolute Gasteiger partial charge is 0.261 e. The lowest BCUT2D eigenvalue weighted by Gasteiger charge is -2.11. The number of hydrogen-bond donors (Lipinski definition) is 1. The van der Waals surface area contributed by atoms with Crippen molar-refractivity contribution in [3.63, 3.8) is 0 Å². The molecule has 20 heavy (non-hydrogen) atoms. The molecule has 2 rings (SSSR count). The lowest BCUT2D eigenvalue weighted by molar-refractivity contribution is 0.601. The van der Waals surface area contributed by atoms with E-state index in [9.17, 15) is 12.8 Å². The first kappa shape index (κ1) is 14.8. The van der Waals surface area contributed by atoms with Crippen molar-refractivity contribution in [2.45, 2.75) is 17.7 Å². The summed E-state index contributed by atoms with van der Waals surface area (Å²) >= 11 is 5.72. The zero-order chi connectivity index (χ0) is 14.8. The molecule has 0 radical (unpaired) electrons. The third-order valence-electron chi connectivity index (χ3n) is 2.79. The predicted molar refractivity (Wildman–Crippen MR) is 77.9 cm³/mol. The van der Waals surface area contributed by atoms with E-state index in [0.717, 1.165) is 11.6 Å². The number of hydrogen-bond acceptors (Lipinski definition) is 2. The molecule has 0 atom stereocenters. The molecule has 2 aromatic rings. The maximum Gasteiger partial charge on any atom is 0.261 e. The fourth-order valence-corrected chi connectivity index (χ4v) is 3.01. The molecule has 0 bridgehead atoms. The summed E-state index contributed by atoms with van der Waals surface area (Å²) < 4.78 is 40.0. The number of anilines is 1. The van der Waals surface area contributed by atoms with Crippen LogP contribution in [0, 0.1) is 12.7 Å². The normalized spacial score (nSPS) is 11.3. The van der Waals surface area contributed by atoms with Gasteiger partial charge in [-0.2, -0.15) is 0 Å². The van der Waals surface area contributed by atoms with Gasteiger partial charge in [-0.1, -0.05) is 23.8 Å². The summed E-state index contributed by atoms with van der Waals surface area (Å²) in [4.78, 5) is 0.118. The van der Waals surface area contributed by atoms with Crippen LogP contribution in [0.3, 0.4) is 0 Å². The fourth-order valence-electron chi connectivity index (χ4n) is 1.68. The molecule has 3 nitrogen and oxygen atoms in total. The highest BCUT2D eigenvalue weighted by Gasteiger charge is 2.16. The molecule has 1 N–H and O–H groups in total. The average Bonchev–Trinajstić information content (AvgIpc) is 2.39. The van der Waals surface area contributed by atoms with Gasteiger partial charge in [-0.3, -0.25) is 4.72 Å². The number of sulfonamides is 1. The highest BCUT2D eigenvalue weighted by atomic mass is 35.5. The van der Waals surface area contributed by atoms with Gasteiger partial charge in [0.1, 0.15) is 5.82 Å². The molecular weight excluding hydrogens is 301 g/mol. The maximum absolute atomic E-state index is 13.2. The average molecular weight is 314 g/mol. The van der Waals surface area contributed by atoms with Crippen LogP contribution in [0.5, 0.6) is 0 Å². The SMILES string of the molecule is Cc1ccc(S(=O)(=O)Nc2cc(F)ccc2CCl)cc1. The second kappa shape index (κ2) is 5.81. The summed E-state index contributed by atoms with van der Waals surface area (Å²) in [5.41, 5.74) is 1.63. The van der Waals surface area contributed by atoms with E-state index in [4.69, 9.17) is 11.6 Å². The molecular formula is C14H13ClFNO2S. The van der Waals surface area contributed by atoms with Crippen LogP contribution in [0.1, 0.15) is 11.1 Å². The van der Waals surface area contributed by atoms with E-state index in [2.05, 4.69) is 4.72 Å². The van der Waals surface area contributed by atoms with Gasteiger partial charge in [0.2, 0.25) is 0 Å². The quantitative estimate of drug-likeness (QED) is 0.875. The minimum absolute atomic E-state index is 0.0893. The van der Waals surface area contributed by atoms with Crippen molar-refractivity contribution in [3.05, 3.63) is 59.4 Å². The van der Waals surface area contributed by atoms with E-state index >= 15 is 0 Å². The Hall–Kier alpha value is -1.59. The number of halogens is 2. The Balaban J connectivity index is 2.37. The molecule has 0 fully saturated rings. The second-order valence-electron chi connectivity index (χ2n) is 4.35. The summed E-state index contributed by atoms with van der Waals surface area (Å²) in [5.74, 6) is -0.438. The van der Waals surface area contributed by atoms with Gasteiger partial charge < -0.3 is 0 Å². The maximum atomic E-state index is 13.2. The van der Waals surface area contributed by atoms with Gasteiger partial charge >= 0.3 is 0 Å². The van der Waals surface area contributed by atoms with E-state index in [1.807, 2.05) is 6.92 Å². The van der Waals surface area contributed by atoms with Crippen LogP contribution in [0.25, 0.3) is 0 Å². The lowest BCUT2D eigenvalue weighted by Crippen LogP contribution is -2.14. The first-order chi connectivity index (χ1) is 9.42. The van der Waals surface area contributed by atoms with Crippen molar-refractivity contribution < 1.29 is 12.8 Å². The topological polar surface area (TPSA) is 46.2 Å². The molecule has 0 aromatic heterocycles. The Morgan fingerprint density at radius 3 is 2.40 bits per heavy atom. The molecule has 0 saturated carbocycles. The number of benzene rings is 2. The molecule has 0 heterocycles. The summed E-state index contributed by atoms with van der Waals surface area (Å²) in [7, 11) is -3.75. The molecule has 6 heteroatoms. The zero-order valence-corrected chi connectivity index (χ0v) is 12.3. The van der Waals surface area contributed by atoms with E-state index in [1.54, 1.807) is 12.1 Å². The monoisotopic (exact) mass is 313 g/mol. The van der Waals surface area contributed by atoms with Crippen molar-refractivity contribution >= 4 is 27.3 Å². The largest absolute Gasteiger partial charge is 0.279 e. The lowest BCUT2D eigenvalue weighted by atomic mass is 10.2. The van der Waals surface area contributed by atoms with Gasteiger partial charge in [-0.25, -0.2) is 12.8 Å². The summed E-state index contributed by atoms with van der Waals surface area (Å²) in [6.45, 7) is 1.86. The van der Waals surface area contributed by atoms with Crippen LogP contribution in [0.15, 0.2) is 47.4 Å². The molecule has 0 aliphatic heterocycles. The standard InChI is InChI=1S/C14H13ClFNO2S/c1-10-2-6-13(7-3-10)20(18,19)17-14-8-12(16)5-4-11(14)9-15/h2-8,17H,9H2,1H3. The molecule has 2 aromatic carbocycles. The number of rotatable bonds is 4. The fraction of sp³-hybridized carbons (Fsp3) is 0.143. The Labute approximate surface area is 122 Å². The van der Waals surface area contributed by atoms with Crippen LogP contribution in [-0.2, 0) is 15.9 Å². The van der Waals surface area contributed by atoms with Crippen LogP contribution in [0.4, 0.5) is 10.1 Å². The molecule has 106 valence electrons. The first-order valence-corrected chi connectivity index (χ1v) is 7.88. The van der Waals surface area contributed by atoms with Crippen molar-refractivity contribution in [2.75, 3.05) is 4.72 Å². The van der Waals surface area contributed by atoms with Crippen LogP contribution in [-0.4, -0.2) is 8.42 Å². The number of nitrogens with one attached hydrogen (secondary N) is 1. The molecule has 0 aliphatic rings. The molecule has 0 aliphatic carbocycles. The van der Waals surface area contributed by atoms with Gasteiger partial charge in [0.15, 0.2) is 0 Å². The Kier molecular flexibility index (Phi) is 4.30. The second-order valence-corrected chi connectivity index (χ2v) is 6.30. The van der Waals surface area contributed by atoms with Gasteiger partial charge in [0, 0.05) is 5.88 Å². The van der Waals surface area contributed by atoms with Gasteiger partial charge in [-0.05, 0) is 36.8 Å². The van der Waals surface area contributed by atoms with Crippen LogP contribution in [0.2, 0.25) is 0 Å². The van der Waals surface area contributed by atoms with Crippen molar-refractivity contribution in [1.29, 1.82) is 0 Å². The zero-order valence-electron chi connectivity index (χ0n) is 10.7. The van der Waals surface area contributed by atoms with Gasteiger partial charge in [-0.15, -0.1) is 11.6 Å². The van der Waals surface area contributed by atoms with Crippen LogP contribution >= 0.6 is 11.6 Å². The minimum Gasteiger partial charge on any atom is -0.279 e. The first-order valence-electron chi connectivity index (χ1n) is 5.86. The summed E-state index contributed by atoms with van der Waals surface area (Å²) in [6.07, 6.45) is 0. The third kappa shape index (κ3) is 3.29. The predicted octanol–water partition coefficient (Wildman–Crippen LogP) is 3.67. The number of aryl methyl sites for hydroxylation is 1. The van der Waals surface area contributed by atoms with Crippen molar-refractivity contribution in [3.8, 4) is 0 Å². The highest BCUT2D eigenvalue weighted by Crippen LogP contribution is 2.23.